The van der Waals surface area contributed by atoms with Gasteiger partial charge in [-0.3, -0.25) is 4.79 Å². The molecule has 2 N–H and O–H groups in total. The molecule has 0 fully saturated rings. The Balaban J connectivity index is 1.87. The number of hydrogen-bond acceptors (Lipinski definition) is 4. The molecule has 0 aliphatic heterocycles. The summed E-state index contributed by atoms with van der Waals surface area (Å²) in [6.07, 6.45) is 0.0806. The highest BCUT2D eigenvalue weighted by atomic mass is 32.2. The van der Waals surface area contributed by atoms with Crippen LogP contribution in [-0.2, 0) is 11.3 Å². The van der Waals surface area contributed by atoms with E-state index in [4.69, 9.17) is 15.2 Å². The largest absolute Gasteiger partial charge is 0.497 e. The number of hydrogen-bond donors (Lipinski definition) is 1. The van der Waals surface area contributed by atoms with Crippen molar-refractivity contribution in [1.29, 1.82) is 0 Å². The first kappa shape index (κ1) is 18.4. The molecule has 128 valence electrons. The van der Waals surface area contributed by atoms with Gasteiger partial charge in [-0.1, -0.05) is 19.1 Å². The molecule has 24 heavy (non-hydrogen) atoms. The van der Waals surface area contributed by atoms with E-state index in [9.17, 15) is 4.79 Å². The molecule has 2 atom stereocenters. The summed E-state index contributed by atoms with van der Waals surface area (Å²) in [6, 6.07) is 15.2. The number of thioether (sulfide) groups is 1. The van der Waals surface area contributed by atoms with Gasteiger partial charge in [0.15, 0.2) is 0 Å². The van der Waals surface area contributed by atoms with Crippen molar-refractivity contribution in [1.82, 2.24) is 0 Å². The van der Waals surface area contributed by atoms with E-state index in [0.717, 1.165) is 16.2 Å². The van der Waals surface area contributed by atoms with E-state index in [1.54, 1.807) is 31.0 Å². The van der Waals surface area contributed by atoms with Crippen LogP contribution >= 0.6 is 11.8 Å². The topological polar surface area (TPSA) is 61.6 Å². The van der Waals surface area contributed by atoms with Crippen LogP contribution in [0.2, 0.25) is 0 Å². The molecule has 2 aromatic carbocycles. The third-order valence-corrected chi connectivity index (χ3v) is 5.07. The number of ether oxygens (including phenoxy) is 2. The Morgan fingerprint density at radius 3 is 2.50 bits per heavy atom. The number of amides is 1. The predicted octanol–water partition coefficient (Wildman–Crippen LogP) is 3.88. The van der Waals surface area contributed by atoms with Gasteiger partial charge in [0.2, 0.25) is 5.91 Å². The van der Waals surface area contributed by atoms with Crippen molar-refractivity contribution in [3.63, 3.8) is 0 Å². The standard InChI is InChI=1S/C19H23NO3S/c1-13(23-12-15-5-4-6-17(11-15)22-3)14(2)24-18-9-7-16(8-10-18)19(20)21/h4-11,13-14H,12H2,1-3H3,(H2,20,21). The van der Waals surface area contributed by atoms with Crippen LogP contribution < -0.4 is 10.5 Å². The average molecular weight is 345 g/mol. The van der Waals surface area contributed by atoms with Gasteiger partial charge in [-0.2, -0.15) is 0 Å². The summed E-state index contributed by atoms with van der Waals surface area (Å²) in [5, 5.41) is 0.273. The smallest absolute Gasteiger partial charge is 0.248 e. The van der Waals surface area contributed by atoms with Crippen LogP contribution in [0, 0.1) is 0 Å². The molecule has 5 heteroatoms. The predicted molar refractivity (Wildman–Crippen MR) is 97.5 cm³/mol. The summed E-state index contributed by atoms with van der Waals surface area (Å²) in [5.41, 5.74) is 6.86. The number of nitrogens with two attached hydrogens (primary N) is 1. The molecule has 0 bridgehead atoms. The molecule has 0 aliphatic rings. The molecule has 0 saturated carbocycles. The first-order valence-electron chi connectivity index (χ1n) is 7.80. The van der Waals surface area contributed by atoms with Crippen molar-refractivity contribution >= 4 is 17.7 Å². The zero-order valence-electron chi connectivity index (χ0n) is 14.2. The summed E-state index contributed by atoms with van der Waals surface area (Å²) in [7, 11) is 1.66. The van der Waals surface area contributed by atoms with Gasteiger partial charge in [0.25, 0.3) is 0 Å². The Bertz CT molecular complexity index is 673. The van der Waals surface area contributed by atoms with E-state index in [0.29, 0.717) is 12.2 Å². The van der Waals surface area contributed by atoms with E-state index in [-0.39, 0.29) is 11.4 Å². The van der Waals surface area contributed by atoms with Crippen molar-refractivity contribution < 1.29 is 14.3 Å². The summed E-state index contributed by atoms with van der Waals surface area (Å²) < 4.78 is 11.2. The van der Waals surface area contributed by atoms with Gasteiger partial charge in [0.05, 0.1) is 19.8 Å². The number of benzene rings is 2. The number of primary amides is 1. The van der Waals surface area contributed by atoms with E-state index >= 15 is 0 Å². The van der Waals surface area contributed by atoms with Gasteiger partial charge in [-0.15, -0.1) is 11.8 Å². The zero-order valence-corrected chi connectivity index (χ0v) is 15.0. The average Bonchev–Trinajstić information content (AvgIpc) is 2.60. The third kappa shape index (κ3) is 5.28. The molecule has 1 amide bonds. The van der Waals surface area contributed by atoms with Crippen LogP contribution in [0.15, 0.2) is 53.4 Å². The fourth-order valence-electron chi connectivity index (χ4n) is 2.13. The summed E-state index contributed by atoms with van der Waals surface area (Å²) >= 11 is 1.71. The second-order valence-corrected chi connectivity index (χ2v) is 7.03. The molecule has 4 nitrogen and oxygen atoms in total. The van der Waals surface area contributed by atoms with E-state index < -0.39 is 5.91 Å². The number of methoxy groups -OCH3 is 1. The maximum atomic E-state index is 11.1. The molecule has 0 radical (unpaired) electrons. The lowest BCUT2D eigenvalue weighted by Crippen LogP contribution is -2.20. The maximum absolute atomic E-state index is 11.1. The molecule has 0 spiro atoms. The van der Waals surface area contributed by atoms with Gasteiger partial charge in [-0.05, 0) is 48.9 Å². The van der Waals surface area contributed by atoms with Crippen LogP contribution in [-0.4, -0.2) is 24.4 Å². The number of rotatable bonds is 8. The lowest BCUT2D eigenvalue weighted by Gasteiger charge is -2.20. The van der Waals surface area contributed by atoms with Gasteiger partial charge in [0, 0.05) is 15.7 Å². The lowest BCUT2D eigenvalue weighted by molar-refractivity contribution is 0.0544. The monoisotopic (exact) mass is 345 g/mol. The molecule has 0 heterocycles. The van der Waals surface area contributed by atoms with Gasteiger partial charge in [0.1, 0.15) is 5.75 Å². The highest BCUT2D eigenvalue weighted by Gasteiger charge is 2.15. The first-order valence-corrected chi connectivity index (χ1v) is 8.68. The van der Waals surface area contributed by atoms with Crippen LogP contribution in [0.5, 0.6) is 5.75 Å². The van der Waals surface area contributed by atoms with Crippen molar-refractivity contribution in [2.45, 2.75) is 36.7 Å². The normalized spacial score (nSPS) is 13.3. The third-order valence-electron chi connectivity index (χ3n) is 3.77. The second-order valence-electron chi connectivity index (χ2n) is 5.58. The van der Waals surface area contributed by atoms with Crippen molar-refractivity contribution in [3.05, 3.63) is 59.7 Å². The fourth-order valence-corrected chi connectivity index (χ4v) is 3.13. The minimum absolute atomic E-state index is 0.0806. The molecule has 0 aromatic heterocycles. The minimum Gasteiger partial charge on any atom is -0.497 e. The Morgan fingerprint density at radius 1 is 1.17 bits per heavy atom. The molecule has 0 aliphatic carbocycles. The molecule has 0 saturated heterocycles. The van der Waals surface area contributed by atoms with Crippen LogP contribution in [0.3, 0.4) is 0 Å². The highest BCUT2D eigenvalue weighted by molar-refractivity contribution is 8.00. The summed E-state index contributed by atoms with van der Waals surface area (Å²) in [5.74, 6) is 0.426. The van der Waals surface area contributed by atoms with Gasteiger partial charge < -0.3 is 15.2 Å². The summed E-state index contributed by atoms with van der Waals surface area (Å²) in [4.78, 5) is 12.2. The van der Waals surface area contributed by atoms with Crippen molar-refractivity contribution in [2.75, 3.05) is 7.11 Å². The van der Waals surface area contributed by atoms with Crippen molar-refractivity contribution in [2.24, 2.45) is 5.73 Å². The maximum Gasteiger partial charge on any atom is 0.248 e. The Hall–Kier alpha value is -1.98. The molecule has 2 rings (SSSR count). The quantitative estimate of drug-likeness (QED) is 0.738. The van der Waals surface area contributed by atoms with Gasteiger partial charge >= 0.3 is 0 Å². The lowest BCUT2D eigenvalue weighted by atomic mass is 10.2. The molecular formula is C19H23NO3S. The van der Waals surface area contributed by atoms with Crippen LogP contribution in [0.4, 0.5) is 0 Å². The summed E-state index contributed by atoms with van der Waals surface area (Å²) in [6.45, 7) is 4.74. The molecule has 2 aromatic rings. The second kappa shape index (κ2) is 8.76. The number of carbonyl (C=O) groups is 1. The highest BCUT2D eigenvalue weighted by Crippen LogP contribution is 2.27. The van der Waals surface area contributed by atoms with Crippen LogP contribution in [0.1, 0.15) is 29.8 Å². The zero-order chi connectivity index (χ0) is 17.5. The fraction of sp³-hybridized carbons (Fsp3) is 0.316. The van der Waals surface area contributed by atoms with Gasteiger partial charge in [-0.25, -0.2) is 0 Å². The van der Waals surface area contributed by atoms with Crippen LogP contribution in [0.25, 0.3) is 0 Å². The van der Waals surface area contributed by atoms with Crippen molar-refractivity contribution in [3.8, 4) is 5.75 Å². The SMILES string of the molecule is COc1cccc(COC(C)C(C)Sc2ccc(C(N)=O)cc2)c1. The molecular weight excluding hydrogens is 322 g/mol. The Labute approximate surface area is 147 Å². The molecule has 2 unspecified atom stereocenters. The first-order chi connectivity index (χ1) is 11.5. The Kier molecular flexibility index (Phi) is 6.70. The minimum atomic E-state index is -0.408. The van der Waals surface area contributed by atoms with E-state index in [1.807, 2.05) is 36.4 Å². The number of carbonyl (C=O) groups excluding carboxylic acids is 1. The van der Waals surface area contributed by atoms with E-state index in [1.165, 1.54) is 0 Å². The Morgan fingerprint density at radius 2 is 1.88 bits per heavy atom. The van der Waals surface area contributed by atoms with E-state index in [2.05, 4.69) is 13.8 Å².